The molecule has 0 aliphatic rings. The number of benzene rings is 3. The van der Waals surface area contributed by atoms with E-state index < -0.39 is 6.10 Å². The van der Waals surface area contributed by atoms with Gasteiger partial charge in [0.25, 0.3) is 0 Å². The van der Waals surface area contributed by atoms with Crippen molar-refractivity contribution in [2.24, 2.45) is 0 Å². The van der Waals surface area contributed by atoms with Gasteiger partial charge < -0.3 is 19.9 Å². The van der Waals surface area contributed by atoms with E-state index >= 15 is 0 Å². The summed E-state index contributed by atoms with van der Waals surface area (Å²) >= 11 is 3.65. The van der Waals surface area contributed by atoms with Crippen LogP contribution in [-0.4, -0.2) is 18.3 Å². The molecule has 0 bridgehead atoms. The molecule has 0 aromatic heterocycles. The van der Waals surface area contributed by atoms with Crippen LogP contribution in [0.4, 0.5) is 0 Å². The Labute approximate surface area is 187 Å². The fourth-order valence-electron chi connectivity index (χ4n) is 3.16. The molecule has 0 radical (unpaired) electrons. The average Bonchev–Trinajstić information content (AvgIpc) is 2.76. The Hall–Kier alpha value is -2.34. The van der Waals surface area contributed by atoms with Crippen molar-refractivity contribution in [3.63, 3.8) is 0 Å². The molecule has 0 fully saturated rings. The summed E-state index contributed by atoms with van der Waals surface area (Å²) < 4.78 is 12.8. The normalized spacial score (nSPS) is 11.9. The Morgan fingerprint density at radius 1 is 0.933 bits per heavy atom. The maximum absolute atomic E-state index is 10.3. The molecule has 5 heteroatoms. The quantitative estimate of drug-likeness (QED) is 0.408. The van der Waals surface area contributed by atoms with E-state index in [-0.39, 0.29) is 0 Å². The summed E-state index contributed by atoms with van der Waals surface area (Å²) in [6, 6.07) is 21.8. The minimum Gasteiger partial charge on any atom is -0.490 e. The topological polar surface area (TPSA) is 50.7 Å². The second-order valence-electron chi connectivity index (χ2n) is 7.10. The lowest BCUT2D eigenvalue weighted by Gasteiger charge is -2.17. The molecule has 1 atom stereocenters. The highest BCUT2D eigenvalue weighted by Crippen LogP contribution is 2.34. The van der Waals surface area contributed by atoms with Crippen molar-refractivity contribution in [3.05, 3.63) is 93.5 Å². The number of aryl methyl sites for hydroxylation is 1. The Morgan fingerprint density at radius 3 is 2.37 bits per heavy atom. The lowest BCUT2D eigenvalue weighted by Crippen LogP contribution is -2.21. The number of halogens is 1. The molecule has 0 aliphatic carbocycles. The average molecular weight is 470 g/mol. The SMILES string of the molecule is CCOc1cc(CNCC(O)c2ccccc2)c(Br)cc1OCc1ccccc1C. The van der Waals surface area contributed by atoms with Gasteiger partial charge in [-0.15, -0.1) is 0 Å². The smallest absolute Gasteiger partial charge is 0.162 e. The summed E-state index contributed by atoms with van der Waals surface area (Å²) in [6.07, 6.45) is -0.548. The van der Waals surface area contributed by atoms with Crippen LogP contribution >= 0.6 is 15.9 Å². The van der Waals surface area contributed by atoms with E-state index in [1.807, 2.05) is 61.5 Å². The summed E-state index contributed by atoms with van der Waals surface area (Å²) in [6.45, 7) is 6.15. The molecule has 0 spiro atoms. The third-order valence-electron chi connectivity index (χ3n) is 4.89. The summed E-state index contributed by atoms with van der Waals surface area (Å²) in [5.41, 5.74) is 4.30. The van der Waals surface area contributed by atoms with Crippen LogP contribution < -0.4 is 14.8 Å². The van der Waals surface area contributed by atoms with Gasteiger partial charge in [-0.25, -0.2) is 0 Å². The van der Waals surface area contributed by atoms with Crippen molar-refractivity contribution in [1.82, 2.24) is 5.32 Å². The Balaban J connectivity index is 1.65. The fourth-order valence-corrected chi connectivity index (χ4v) is 3.62. The number of aliphatic hydroxyl groups excluding tert-OH is 1. The molecular formula is C25H28BrNO3. The van der Waals surface area contributed by atoms with Crippen molar-refractivity contribution in [3.8, 4) is 11.5 Å². The lowest BCUT2D eigenvalue weighted by atomic mass is 10.1. The standard InChI is InChI=1S/C25H28BrNO3/c1-3-29-24-13-21(15-27-16-23(28)19-10-5-4-6-11-19)22(26)14-25(24)30-17-20-12-8-7-9-18(20)2/h4-14,23,27-28H,3,15-17H2,1-2H3. The molecule has 2 N–H and O–H groups in total. The molecule has 0 aliphatic heterocycles. The van der Waals surface area contributed by atoms with E-state index in [0.717, 1.165) is 26.9 Å². The van der Waals surface area contributed by atoms with Crippen LogP contribution in [-0.2, 0) is 13.2 Å². The van der Waals surface area contributed by atoms with E-state index in [4.69, 9.17) is 9.47 Å². The van der Waals surface area contributed by atoms with Gasteiger partial charge >= 0.3 is 0 Å². The highest BCUT2D eigenvalue weighted by Gasteiger charge is 2.13. The van der Waals surface area contributed by atoms with Gasteiger partial charge in [-0.05, 0) is 48.2 Å². The summed E-state index contributed by atoms with van der Waals surface area (Å²) in [5.74, 6) is 1.43. The second-order valence-corrected chi connectivity index (χ2v) is 7.95. The predicted octanol–water partition coefficient (Wildman–Crippen LogP) is 5.56. The Kier molecular flexibility index (Phi) is 8.31. The highest BCUT2D eigenvalue weighted by molar-refractivity contribution is 9.10. The molecule has 3 aromatic rings. The zero-order chi connectivity index (χ0) is 21.3. The summed E-state index contributed by atoms with van der Waals surface area (Å²) in [4.78, 5) is 0. The van der Waals surface area contributed by atoms with Crippen LogP contribution in [0.25, 0.3) is 0 Å². The van der Waals surface area contributed by atoms with Crippen molar-refractivity contribution in [1.29, 1.82) is 0 Å². The largest absolute Gasteiger partial charge is 0.490 e. The number of hydrogen-bond donors (Lipinski definition) is 2. The van der Waals surface area contributed by atoms with Gasteiger partial charge in [-0.2, -0.15) is 0 Å². The lowest BCUT2D eigenvalue weighted by molar-refractivity contribution is 0.174. The first-order valence-electron chi connectivity index (χ1n) is 10.1. The monoisotopic (exact) mass is 469 g/mol. The van der Waals surface area contributed by atoms with Gasteiger partial charge in [0.2, 0.25) is 0 Å². The van der Waals surface area contributed by atoms with E-state index in [2.05, 4.69) is 40.3 Å². The molecule has 0 saturated carbocycles. The molecule has 158 valence electrons. The first-order chi connectivity index (χ1) is 14.6. The maximum Gasteiger partial charge on any atom is 0.162 e. The molecule has 0 heterocycles. The molecule has 30 heavy (non-hydrogen) atoms. The summed E-state index contributed by atoms with van der Waals surface area (Å²) in [5, 5.41) is 13.7. The van der Waals surface area contributed by atoms with E-state index in [9.17, 15) is 5.11 Å². The summed E-state index contributed by atoms with van der Waals surface area (Å²) in [7, 11) is 0. The Bertz CT molecular complexity index is 946. The third-order valence-corrected chi connectivity index (χ3v) is 5.63. The van der Waals surface area contributed by atoms with Crippen LogP contribution in [0.2, 0.25) is 0 Å². The molecule has 1 unspecified atom stereocenters. The fraction of sp³-hybridized carbons (Fsp3) is 0.280. The zero-order valence-electron chi connectivity index (χ0n) is 17.4. The number of ether oxygens (including phenoxy) is 2. The molecular weight excluding hydrogens is 442 g/mol. The minimum atomic E-state index is -0.548. The molecule has 4 nitrogen and oxygen atoms in total. The second kappa shape index (κ2) is 11.2. The van der Waals surface area contributed by atoms with Crippen molar-refractivity contribution >= 4 is 15.9 Å². The number of rotatable bonds is 10. The third kappa shape index (κ3) is 6.08. The molecule has 3 rings (SSSR count). The van der Waals surface area contributed by atoms with Gasteiger partial charge in [-0.3, -0.25) is 0 Å². The van der Waals surface area contributed by atoms with Gasteiger partial charge in [-0.1, -0.05) is 70.5 Å². The highest BCUT2D eigenvalue weighted by atomic mass is 79.9. The number of aliphatic hydroxyl groups is 1. The van der Waals surface area contributed by atoms with Gasteiger partial charge in [0.1, 0.15) is 6.61 Å². The van der Waals surface area contributed by atoms with Gasteiger partial charge in [0.05, 0.1) is 12.7 Å². The molecule has 3 aromatic carbocycles. The minimum absolute atomic E-state index is 0.464. The van der Waals surface area contributed by atoms with Crippen LogP contribution in [0.3, 0.4) is 0 Å². The molecule has 0 saturated heterocycles. The number of hydrogen-bond acceptors (Lipinski definition) is 4. The van der Waals surface area contributed by atoms with E-state index in [1.54, 1.807) is 0 Å². The van der Waals surface area contributed by atoms with Gasteiger partial charge in [0, 0.05) is 17.6 Å². The van der Waals surface area contributed by atoms with Crippen LogP contribution in [0.1, 0.15) is 35.3 Å². The molecule has 0 amide bonds. The van der Waals surface area contributed by atoms with Crippen molar-refractivity contribution < 1.29 is 14.6 Å². The first-order valence-corrected chi connectivity index (χ1v) is 10.9. The predicted molar refractivity (Wildman–Crippen MR) is 124 cm³/mol. The van der Waals surface area contributed by atoms with Gasteiger partial charge in [0.15, 0.2) is 11.5 Å². The van der Waals surface area contributed by atoms with Crippen LogP contribution in [0.15, 0.2) is 71.2 Å². The zero-order valence-corrected chi connectivity index (χ0v) is 19.0. The van der Waals surface area contributed by atoms with Crippen molar-refractivity contribution in [2.45, 2.75) is 33.1 Å². The van der Waals surface area contributed by atoms with Crippen molar-refractivity contribution in [2.75, 3.05) is 13.2 Å². The first kappa shape index (κ1) is 22.3. The number of nitrogens with one attached hydrogen (secondary N) is 1. The van der Waals surface area contributed by atoms with Crippen LogP contribution in [0, 0.1) is 6.92 Å². The Morgan fingerprint density at radius 2 is 1.63 bits per heavy atom. The maximum atomic E-state index is 10.3. The van der Waals surface area contributed by atoms with E-state index in [0.29, 0.717) is 32.1 Å². The van der Waals surface area contributed by atoms with E-state index in [1.165, 1.54) is 5.56 Å². The van der Waals surface area contributed by atoms with Crippen LogP contribution in [0.5, 0.6) is 11.5 Å².